The van der Waals surface area contributed by atoms with Gasteiger partial charge in [-0.3, -0.25) is 4.99 Å². The van der Waals surface area contributed by atoms with Crippen LogP contribution in [0.1, 0.15) is 0 Å². The normalized spacial score (nSPS) is 15.2. The Kier molecular flexibility index (Phi) is 3.31. The Morgan fingerprint density at radius 1 is 1.38 bits per heavy atom. The van der Waals surface area contributed by atoms with Crippen molar-refractivity contribution < 1.29 is 8.78 Å². The van der Waals surface area contributed by atoms with E-state index >= 15 is 0 Å². The summed E-state index contributed by atoms with van der Waals surface area (Å²) in [5, 5.41) is 2.78. The first-order valence-electron chi connectivity index (χ1n) is 4.97. The molecule has 0 unspecified atom stereocenters. The van der Waals surface area contributed by atoms with Gasteiger partial charge < -0.3 is 10.7 Å². The van der Waals surface area contributed by atoms with Crippen LogP contribution in [0.25, 0.3) is 0 Å². The Morgan fingerprint density at radius 2 is 2.25 bits per heavy atom. The molecule has 0 atom stereocenters. The minimum Gasteiger partial charge on any atom is -0.375 e. The van der Waals surface area contributed by atoms with Crippen LogP contribution in [0.2, 0.25) is 0 Å². The molecule has 0 aliphatic carbocycles. The minimum atomic E-state index is -0.481. The van der Waals surface area contributed by atoms with Crippen LogP contribution in [0.5, 0.6) is 0 Å². The third-order valence-electron chi connectivity index (χ3n) is 2.15. The molecular weight excluding hydrogens is 214 g/mol. The van der Waals surface area contributed by atoms with Gasteiger partial charge in [0.2, 0.25) is 0 Å². The standard InChI is InChI=1S/C10H12F2N4/c11-7-1-2-8(12)9(5-7)14-6-10-13-3-4-15-16-10/h1-2,5,14-15H,3-4,6H2,(H,13,16). The van der Waals surface area contributed by atoms with Gasteiger partial charge in [-0.1, -0.05) is 0 Å². The fourth-order valence-electron chi connectivity index (χ4n) is 1.36. The molecule has 4 nitrogen and oxygen atoms in total. The first-order chi connectivity index (χ1) is 7.75. The lowest BCUT2D eigenvalue weighted by molar-refractivity contribution is 0.602. The Bertz CT molecular complexity index is 406. The number of nitrogens with zero attached hydrogens (tertiary/aromatic N) is 1. The van der Waals surface area contributed by atoms with Gasteiger partial charge in [-0.05, 0) is 18.2 Å². The molecule has 0 amide bonds. The molecule has 1 aromatic rings. The average Bonchev–Trinajstić information content (AvgIpc) is 2.32. The molecule has 0 aromatic heterocycles. The van der Waals surface area contributed by atoms with E-state index in [0.717, 1.165) is 24.7 Å². The first-order valence-corrected chi connectivity index (χ1v) is 4.97. The van der Waals surface area contributed by atoms with Gasteiger partial charge >= 0.3 is 0 Å². The Labute approximate surface area is 91.7 Å². The van der Waals surface area contributed by atoms with E-state index in [1.54, 1.807) is 0 Å². The highest BCUT2D eigenvalue weighted by Gasteiger charge is 2.06. The molecule has 6 heteroatoms. The number of hydrazine groups is 1. The molecular formula is C10H12F2N4. The van der Waals surface area contributed by atoms with Gasteiger partial charge in [-0.2, -0.15) is 0 Å². The number of hydrogen-bond acceptors (Lipinski definition) is 4. The van der Waals surface area contributed by atoms with Gasteiger partial charge in [0.15, 0.2) is 0 Å². The third kappa shape index (κ3) is 2.66. The van der Waals surface area contributed by atoms with Crippen LogP contribution in [-0.4, -0.2) is 25.5 Å². The lowest BCUT2D eigenvalue weighted by Crippen LogP contribution is -2.45. The predicted octanol–water partition coefficient (Wildman–Crippen LogP) is 0.883. The van der Waals surface area contributed by atoms with Crippen molar-refractivity contribution in [3.63, 3.8) is 0 Å². The molecule has 1 heterocycles. The monoisotopic (exact) mass is 226 g/mol. The van der Waals surface area contributed by atoms with E-state index < -0.39 is 11.6 Å². The number of hydrogen-bond donors (Lipinski definition) is 3. The van der Waals surface area contributed by atoms with Crippen molar-refractivity contribution in [1.29, 1.82) is 0 Å². The number of benzene rings is 1. The van der Waals surface area contributed by atoms with Crippen LogP contribution in [-0.2, 0) is 0 Å². The molecule has 0 radical (unpaired) electrons. The maximum atomic E-state index is 13.2. The predicted molar refractivity (Wildman–Crippen MR) is 58.3 cm³/mol. The van der Waals surface area contributed by atoms with E-state index in [1.165, 1.54) is 0 Å². The minimum absolute atomic E-state index is 0.134. The summed E-state index contributed by atoms with van der Waals surface area (Å²) in [5.41, 5.74) is 5.89. The quantitative estimate of drug-likeness (QED) is 0.717. The van der Waals surface area contributed by atoms with Crippen molar-refractivity contribution >= 4 is 11.5 Å². The second kappa shape index (κ2) is 4.89. The highest BCUT2D eigenvalue weighted by Crippen LogP contribution is 2.14. The fourth-order valence-corrected chi connectivity index (χ4v) is 1.36. The smallest absolute Gasteiger partial charge is 0.146 e. The molecule has 3 N–H and O–H groups in total. The lowest BCUT2D eigenvalue weighted by Gasteiger charge is -2.16. The van der Waals surface area contributed by atoms with Crippen molar-refractivity contribution in [2.75, 3.05) is 25.0 Å². The lowest BCUT2D eigenvalue weighted by atomic mass is 10.3. The summed E-state index contributed by atoms with van der Waals surface area (Å²) in [6, 6.07) is 3.29. The molecule has 0 saturated heterocycles. The molecule has 1 aliphatic rings. The molecule has 1 aromatic carbocycles. The van der Waals surface area contributed by atoms with Crippen molar-refractivity contribution in [2.45, 2.75) is 0 Å². The largest absolute Gasteiger partial charge is 0.375 e. The molecule has 0 saturated carbocycles. The van der Waals surface area contributed by atoms with E-state index in [-0.39, 0.29) is 5.69 Å². The summed E-state index contributed by atoms with van der Waals surface area (Å²) in [5.74, 6) is -0.277. The van der Waals surface area contributed by atoms with Crippen molar-refractivity contribution in [3.05, 3.63) is 29.8 Å². The zero-order valence-electron chi connectivity index (χ0n) is 8.56. The van der Waals surface area contributed by atoms with Gasteiger partial charge in [-0.25, -0.2) is 14.2 Å². The zero-order valence-corrected chi connectivity index (χ0v) is 8.56. The van der Waals surface area contributed by atoms with Gasteiger partial charge in [0, 0.05) is 6.54 Å². The second-order valence-electron chi connectivity index (χ2n) is 3.36. The highest BCUT2D eigenvalue weighted by molar-refractivity contribution is 5.86. The Balaban J connectivity index is 1.98. The van der Waals surface area contributed by atoms with Gasteiger partial charge in [0.1, 0.15) is 17.5 Å². The number of halogens is 2. The molecule has 0 bridgehead atoms. The number of aliphatic imine (C=N–C) groups is 1. The summed E-state index contributed by atoms with van der Waals surface area (Å²) < 4.78 is 26.1. The van der Waals surface area contributed by atoms with E-state index in [4.69, 9.17) is 0 Å². The van der Waals surface area contributed by atoms with Crippen LogP contribution in [0.3, 0.4) is 0 Å². The number of anilines is 1. The molecule has 86 valence electrons. The highest BCUT2D eigenvalue weighted by atomic mass is 19.1. The number of amidine groups is 1. The summed E-state index contributed by atoms with van der Waals surface area (Å²) in [6.07, 6.45) is 0. The first kappa shape index (κ1) is 10.8. The molecule has 16 heavy (non-hydrogen) atoms. The van der Waals surface area contributed by atoms with E-state index in [0.29, 0.717) is 18.9 Å². The molecule has 0 spiro atoms. The van der Waals surface area contributed by atoms with Crippen LogP contribution in [0.15, 0.2) is 23.2 Å². The topological polar surface area (TPSA) is 48.5 Å². The number of nitrogens with one attached hydrogen (secondary N) is 3. The van der Waals surface area contributed by atoms with Crippen molar-refractivity contribution in [1.82, 2.24) is 10.9 Å². The molecule has 1 aliphatic heterocycles. The SMILES string of the molecule is Fc1ccc(F)c(NCC2=NCCNN2)c1. The molecule has 2 rings (SSSR count). The summed E-state index contributed by atoms with van der Waals surface area (Å²) >= 11 is 0. The summed E-state index contributed by atoms with van der Waals surface area (Å²) in [6.45, 7) is 1.76. The fraction of sp³-hybridized carbons (Fsp3) is 0.300. The van der Waals surface area contributed by atoms with E-state index in [1.807, 2.05) is 0 Å². The number of rotatable bonds is 3. The van der Waals surface area contributed by atoms with Gasteiger partial charge in [-0.15, -0.1) is 0 Å². The van der Waals surface area contributed by atoms with E-state index in [2.05, 4.69) is 21.2 Å². The van der Waals surface area contributed by atoms with Crippen molar-refractivity contribution in [3.8, 4) is 0 Å². The van der Waals surface area contributed by atoms with Gasteiger partial charge in [0.25, 0.3) is 0 Å². The third-order valence-corrected chi connectivity index (χ3v) is 2.15. The van der Waals surface area contributed by atoms with Crippen LogP contribution >= 0.6 is 0 Å². The van der Waals surface area contributed by atoms with Crippen LogP contribution in [0, 0.1) is 11.6 Å². The maximum Gasteiger partial charge on any atom is 0.146 e. The maximum absolute atomic E-state index is 13.2. The van der Waals surface area contributed by atoms with Crippen molar-refractivity contribution in [2.24, 2.45) is 4.99 Å². The second-order valence-corrected chi connectivity index (χ2v) is 3.36. The molecule has 0 fully saturated rings. The Morgan fingerprint density at radius 3 is 3.00 bits per heavy atom. The summed E-state index contributed by atoms with van der Waals surface area (Å²) in [4.78, 5) is 4.16. The van der Waals surface area contributed by atoms with Crippen LogP contribution < -0.4 is 16.2 Å². The van der Waals surface area contributed by atoms with E-state index in [9.17, 15) is 8.78 Å². The Hall–Kier alpha value is -1.69. The average molecular weight is 226 g/mol. The van der Waals surface area contributed by atoms with Gasteiger partial charge in [0.05, 0.1) is 18.8 Å². The zero-order chi connectivity index (χ0) is 11.4. The van der Waals surface area contributed by atoms with Crippen LogP contribution in [0.4, 0.5) is 14.5 Å². The summed E-state index contributed by atoms with van der Waals surface area (Å²) in [7, 11) is 0.